The normalized spacial score (nSPS) is 13.7. The molecule has 0 amide bonds. The molecule has 4 heteroatoms. The molecule has 0 spiro atoms. The first-order valence-corrected chi connectivity index (χ1v) is 6.75. The van der Waals surface area contributed by atoms with Crippen molar-refractivity contribution in [1.29, 1.82) is 0 Å². The van der Waals surface area contributed by atoms with E-state index in [0.717, 1.165) is 5.56 Å². The Morgan fingerprint density at radius 1 is 1.10 bits per heavy atom. The number of nitrogens with one attached hydrogen (secondary N) is 1. The van der Waals surface area contributed by atoms with Crippen LogP contribution in [0.4, 0.5) is 0 Å². The van der Waals surface area contributed by atoms with Gasteiger partial charge in [0.1, 0.15) is 6.04 Å². The predicted octanol–water partition coefficient (Wildman–Crippen LogP) is 3.82. The quantitative estimate of drug-likeness (QED) is 0.880. The van der Waals surface area contributed by atoms with Gasteiger partial charge in [0, 0.05) is 11.1 Å². The number of benzene rings is 2. The lowest BCUT2D eigenvalue weighted by atomic mass is 10.0. The fourth-order valence-corrected chi connectivity index (χ4v) is 2.28. The fourth-order valence-electron chi connectivity index (χ4n) is 2.08. The molecule has 2 rings (SSSR count). The molecule has 2 atom stereocenters. The lowest BCUT2D eigenvalue weighted by molar-refractivity contribution is -0.139. The molecule has 2 N–H and O–H groups in total. The Morgan fingerprint density at radius 2 is 1.75 bits per heavy atom. The molecule has 2 aromatic carbocycles. The molecule has 2 aromatic rings. The molecule has 0 aliphatic rings. The third kappa shape index (κ3) is 3.59. The van der Waals surface area contributed by atoms with Crippen molar-refractivity contribution in [2.75, 3.05) is 0 Å². The van der Waals surface area contributed by atoms with E-state index in [1.165, 1.54) is 0 Å². The average Bonchev–Trinajstić information content (AvgIpc) is 2.45. The van der Waals surface area contributed by atoms with E-state index in [9.17, 15) is 9.90 Å². The van der Waals surface area contributed by atoms with Gasteiger partial charge in [-0.15, -0.1) is 0 Å². The van der Waals surface area contributed by atoms with Crippen LogP contribution >= 0.6 is 11.6 Å². The van der Waals surface area contributed by atoms with Crippen LogP contribution in [0.3, 0.4) is 0 Å². The maximum atomic E-state index is 11.5. The number of halogens is 1. The first kappa shape index (κ1) is 14.6. The second-order valence-electron chi connectivity index (χ2n) is 4.63. The minimum atomic E-state index is -0.921. The SMILES string of the molecule is C[C@@H](N[C@@H](C(=O)O)c1cccc(Cl)c1)c1ccccc1. The van der Waals surface area contributed by atoms with Crippen molar-refractivity contribution in [3.05, 3.63) is 70.7 Å². The number of hydrogen-bond donors (Lipinski definition) is 2. The van der Waals surface area contributed by atoms with Crippen LogP contribution in [0.2, 0.25) is 5.02 Å². The maximum Gasteiger partial charge on any atom is 0.325 e. The number of aliphatic carboxylic acids is 1. The molecule has 0 aliphatic carbocycles. The van der Waals surface area contributed by atoms with Gasteiger partial charge in [0.15, 0.2) is 0 Å². The van der Waals surface area contributed by atoms with Crippen LogP contribution < -0.4 is 5.32 Å². The Balaban J connectivity index is 2.20. The molecule has 0 fully saturated rings. The standard InChI is InChI=1S/C16H16ClNO2/c1-11(12-6-3-2-4-7-12)18-15(16(19)20)13-8-5-9-14(17)10-13/h2-11,15,18H,1H3,(H,19,20)/t11-,15-/m1/s1. The summed E-state index contributed by atoms with van der Waals surface area (Å²) in [6.45, 7) is 1.94. The highest BCUT2D eigenvalue weighted by Gasteiger charge is 2.22. The predicted molar refractivity (Wildman–Crippen MR) is 79.8 cm³/mol. The molecule has 0 radical (unpaired) electrons. The second-order valence-corrected chi connectivity index (χ2v) is 5.06. The number of carboxylic acids is 1. The monoisotopic (exact) mass is 289 g/mol. The number of carboxylic acid groups (broad SMARTS) is 1. The van der Waals surface area contributed by atoms with Crippen molar-refractivity contribution in [2.24, 2.45) is 0 Å². The molecule has 3 nitrogen and oxygen atoms in total. The Hall–Kier alpha value is -1.84. The summed E-state index contributed by atoms with van der Waals surface area (Å²) in [6, 6.07) is 15.8. The zero-order chi connectivity index (χ0) is 14.5. The van der Waals surface area contributed by atoms with E-state index in [1.54, 1.807) is 24.3 Å². The van der Waals surface area contributed by atoms with Gasteiger partial charge in [-0.1, -0.05) is 54.1 Å². The van der Waals surface area contributed by atoms with E-state index < -0.39 is 12.0 Å². The van der Waals surface area contributed by atoms with Crippen LogP contribution in [0.25, 0.3) is 0 Å². The zero-order valence-electron chi connectivity index (χ0n) is 11.1. The van der Waals surface area contributed by atoms with E-state index >= 15 is 0 Å². The molecular formula is C16H16ClNO2. The third-order valence-corrected chi connectivity index (χ3v) is 3.38. The van der Waals surface area contributed by atoms with E-state index in [-0.39, 0.29) is 6.04 Å². The first-order valence-electron chi connectivity index (χ1n) is 6.37. The van der Waals surface area contributed by atoms with Crippen molar-refractivity contribution in [3.63, 3.8) is 0 Å². The molecule has 0 heterocycles. The van der Waals surface area contributed by atoms with Gasteiger partial charge in [0.05, 0.1) is 0 Å². The minimum Gasteiger partial charge on any atom is -0.480 e. The van der Waals surface area contributed by atoms with Gasteiger partial charge >= 0.3 is 5.97 Å². The topological polar surface area (TPSA) is 49.3 Å². The lowest BCUT2D eigenvalue weighted by Crippen LogP contribution is -2.30. The number of carbonyl (C=O) groups is 1. The first-order chi connectivity index (χ1) is 9.58. The van der Waals surface area contributed by atoms with Gasteiger partial charge in [0.25, 0.3) is 0 Å². The van der Waals surface area contributed by atoms with Crippen LogP contribution in [0.1, 0.15) is 30.1 Å². The van der Waals surface area contributed by atoms with Crippen LogP contribution in [-0.4, -0.2) is 11.1 Å². The molecule has 0 saturated heterocycles. The summed E-state index contributed by atoms with van der Waals surface area (Å²) < 4.78 is 0. The Bertz CT molecular complexity index is 586. The maximum absolute atomic E-state index is 11.5. The molecule has 0 saturated carbocycles. The Labute approximate surface area is 123 Å². The fraction of sp³-hybridized carbons (Fsp3) is 0.188. The van der Waals surface area contributed by atoms with E-state index in [4.69, 9.17) is 11.6 Å². The van der Waals surface area contributed by atoms with Crippen LogP contribution in [0, 0.1) is 0 Å². The average molecular weight is 290 g/mol. The summed E-state index contributed by atoms with van der Waals surface area (Å²) in [6.07, 6.45) is 0. The molecule has 0 aromatic heterocycles. The summed E-state index contributed by atoms with van der Waals surface area (Å²) in [5, 5.41) is 13.1. The summed E-state index contributed by atoms with van der Waals surface area (Å²) in [5.41, 5.74) is 1.69. The largest absolute Gasteiger partial charge is 0.480 e. The molecule has 0 aliphatic heterocycles. The molecule has 0 unspecified atom stereocenters. The summed E-state index contributed by atoms with van der Waals surface area (Å²) in [7, 11) is 0. The molecule has 20 heavy (non-hydrogen) atoms. The van der Waals surface area contributed by atoms with Gasteiger partial charge in [-0.2, -0.15) is 0 Å². The minimum absolute atomic E-state index is 0.0729. The van der Waals surface area contributed by atoms with Gasteiger partial charge in [-0.25, -0.2) is 0 Å². The Morgan fingerprint density at radius 3 is 2.35 bits per heavy atom. The van der Waals surface area contributed by atoms with Crippen molar-refractivity contribution < 1.29 is 9.90 Å². The van der Waals surface area contributed by atoms with E-state index in [1.807, 2.05) is 37.3 Å². The zero-order valence-corrected chi connectivity index (χ0v) is 11.8. The van der Waals surface area contributed by atoms with Crippen LogP contribution in [0.15, 0.2) is 54.6 Å². The highest BCUT2D eigenvalue weighted by molar-refractivity contribution is 6.30. The van der Waals surface area contributed by atoms with Crippen molar-refractivity contribution in [2.45, 2.75) is 19.0 Å². The van der Waals surface area contributed by atoms with Crippen molar-refractivity contribution in [1.82, 2.24) is 5.32 Å². The molecular weight excluding hydrogens is 274 g/mol. The van der Waals surface area contributed by atoms with Crippen LogP contribution in [0.5, 0.6) is 0 Å². The van der Waals surface area contributed by atoms with Gasteiger partial charge in [-0.3, -0.25) is 10.1 Å². The molecule has 104 valence electrons. The second kappa shape index (κ2) is 6.55. The third-order valence-electron chi connectivity index (χ3n) is 3.15. The van der Waals surface area contributed by atoms with Crippen molar-refractivity contribution >= 4 is 17.6 Å². The number of rotatable bonds is 5. The van der Waals surface area contributed by atoms with E-state index in [2.05, 4.69) is 5.32 Å². The highest BCUT2D eigenvalue weighted by Crippen LogP contribution is 2.22. The summed E-state index contributed by atoms with van der Waals surface area (Å²) >= 11 is 5.93. The van der Waals surface area contributed by atoms with Crippen molar-refractivity contribution in [3.8, 4) is 0 Å². The smallest absolute Gasteiger partial charge is 0.325 e. The lowest BCUT2D eigenvalue weighted by Gasteiger charge is -2.21. The summed E-state index contributed by atoms with van der Waals surface area (Å²) in [4.78, 5) is 11.5. The Kier molecular flexibility index (Phi) is 4.77. The molecule has 0 bridgehead atoms. The van der Waals surface area contributed by atoms with Crippen LogP contribution in [-0.2, 0) is 4.79 Å². The highest BCUT2D eigenvalue weighted by atomic mass is 35.5. The van der Waals surface area contributed by atoms with Gasteiger partial charge < -0.3 is 5.11 Å². The van der Waals surface area contributed by atoms with Gasteiger partial charge in [-0.05, 0) is 30.2 Å². The summed E-state index contributed by atoms with van der Waals surface area (Å²) in [5.74, 6) is -0.921. The van der Waals surface area contributed by atoms with Gasteiger partial charge in [0.2, 0.25) is 0 Å². The van der Waals surface area contributed by atoms with E-state index in [0.29, 0.717) is 10.6 Å². The number of hydrogen-bond acceptors (Lipinski definition) is 2.